The van der Waals surface area contributed by atoms with Gasteiger partial charge in [0.15, 0.2) is 5.60 Å². The van der Waals surface area contributed by atoms with Crippen LogP contribution < -0.4 is 10.5 Å². The molecule has 1 aromatic rings. The lowest BCUT2D eigenvalue weighted by Crippen LogP contribution is -2.58. The van der Waals surface area contributed by atoms with Gasteiger partial charge < -0.3 is 20.1 Å². The van der Waals surface area contributed by atoms with E-state index >= 15 is 0 Å². The summed E-state index contributed by atoms with van der Waals surface area (Å²) in [5.74, 6) is 0.102. The summed E-state index contributed by atoms with van der Waals surface area (Å²) in [4.78, 5) is 25.4. The Balaban J connectivity index is 2.04. The molecule has 1 saturated heterocycles. The minimum atomic E-state index is -1.11. The van der Waals surface area contributed by atoms with Gasteiger partial charge in [-0.2, -0.15) is 0 Å². The smallest absolute Gasteiger partial charge is 0.251 e. The summed E-state index contributed by atoms with van der Waals surface area (Å²) < 4.78 is 10.5. The fourth-order valence-electron chi connectivity index (χ4n) is 2.30. The number of hydrogen-bond donors (Lipinski definition) is 1. The monoisotopic (exact) mass is 292 g/mol. The minimum absolute atomic E-state index is 0.0565. The molecule has 1 atom stereocenters. The maximum atomic E-state index is 12.4. The molecule has 1 fully saturated rings. The fraction of sp³-hybridized carbons (Fsp3) is 0.467. The van der Waals surface area contributed by atoms with E-state index in [1.165, 1.54) is 0 Å². The second-order valence-electron chi connectivity index (χ2n) is 5.29. The van der Waals surface area contributed by atoms with Gasteiger partial charge in [-0.3, -0.25) is 9.59 Å². The normalized spacial score (nSPS) is 21.9. The second-order valence-corrected chi connectivity index (χ2v) is 5.29. The largest absolute Gasteiger partial charge is 0.497 e. The standard InChI is InChI=1S/C15H20N2O4/c1-15(14(16)19)10-17(6-7-21-15)13(18)9-11-4-3-5-12(8-11)20-2/h3-5,8H,6-7,9-10H2,1-2H3,(H2,16,19)/t15-/m0/s1. The molecular weight excluding hydrogens is 272 g/mol. The van der Waals surface area contributed by atoms with E-state index in [4.69, 9.17) is 15.2 Å². The molecule has 21 heavy (non-hydrogen) atoms. The molecule has 0 unspecified atom stereocenters. The molecule has 0 radical (unpaired) electrons. The van der Waals surface area contributed by atoms with Crippen LogP contribution in [0.3, 0.4) is 0 Å². The third-order valence-corrected chi connectivity index (χ3v) is 3.64. The van der Waals surface area contributed by atoms with Gasteiger partial charge in [-0.05, 0) is 24.6 Å². The SMILES string of the molecule is COc1cccc(CC(=O)N2CCO[C@](C)(C(N)=O)C2)c1. The Bertz CT molecular complexity index is 546. The Hall–Kier alpha value is -2.08. The molecule has 0 spiro atoms. The first-order valence-corrected chi connectivity index (χ1v) is 6.79. The van der Waals surface area contributed by atoms with E-state index in [0.29, 0.717) is 18.9 Å². The van der Waals surface area contributed by atoms with Crippen molar-refractivity contribution in [1.82, 2.24) is 4.90 Å². The number of carbonyl (C=O) groups is 2. The highest BCUT2D eigenvalue weighted by molar-refractivity contribution is 5.85. The molecule has 0 saturated carbocycles. The van der Waals surface area contributed by atoms with Crippen LogP contribution in [0.5, 0.6) is 5.75 Å². The molecule has 1 heterocycles. The van der Waals surface area contributed by atoms with Gasteiger partial charge >= 0.3 is 0 Å². The summed E-state index contributed by atoms with van der Waals surface area (Å²) >= 11 is 0. The molecule has 6 nitrogen and oxygen atoms in total. The summed E-state index contributed by atoms with van der Waals surface area (Å²) in [6, 6.07) is 7.36. The van der Waals surface area contributed by atoms with E-state index in [2.05, 4.69) is 0 Å². The summed E-state index contributed by atoms with van der Waals surface area (Å²) in [5, 5.41) is 0. The van der Waals surface area contributed by atoms with Crippen LogP contribution in [-0.2, 0) is 20.7 Å². The van der Waals surface area contributed by atoms with E-state index in [0.717, 1.165) is 5.56 Å². The number of ether oxygens (including phenoxy) is 2. The van der Waals surface area contributed by atoms with Crippen LogP contribution in [0.2, 0.25) is 0 Å². The molecule has 2 rings (SSSR count). The minimum Gasteiger partial charge on any atom is -0.497 e. The number of morpholine rings is 1. The van der Waals surface area contributed by atoms with Crippen molar-refractivity contribution in [2.45, 2.75) is 18.9 Å². The molecule has 2 N–H and O–H groups in total. The van der Waals surface area contributed by atoms with Gasteiger partial charge in [0, 0.05) is 6.54 Å². The van der Waals surface area contributed by atoms with Crippen molar-refractivity contribution in [3.8, 4) is 5.75 Å². The van der Waals surface area contributed by atoms with Gasteiger partial charge in [0.25, 0.3) is 5.91 Å². The number of nitrogens with two attached hydrogens (primary N) is 1. The zero-order valence-corrected chi connectivity index (χ0v) is 12.3. The first kappa shape index (κ1) is 15.3. The predicted molar refractivity (Wildman–Crippen MR) is 76.8 cm³/mol. The number of carbonyl (C=O) groups excluding carboxylic acids is 2. The molecule has 6 heteroatoms. The zero-order chi connectivity index (χ0) is 15.5. The van der Waals surface area contributed by atoms with E-state index in [1.807, 2.05) is 24.3 Å². The molecule has 2 amide bonds. The van der Waals surface area contributed by atoms with Crippen molar-refractivity contribution in [2.75, 3.05) is 26.8 Å². The van der Waals surface area contributed by atoms with Crippen LogP contribution in [0.1, 0.15) is 12.5 Å². The molecule has 1 aliphatic rings. The quantitative estimate of drug-likeness (QED) is 0.867. The molecule has 0 aliphatic carbocycles. The Morgan fingerprint density at radius 3 is 2.90 bits per heavy atom. The topological polar surface area (TPSA) is 81.9 Å². The number of amides is 2. The number of rotatable bonds is 4. The fourth-order valence-corrected chi connectivity index (χ4v) is 2.30. The summed E-state index contributed by atoms with van der Waals surface area (Å²) in [7, 11) is 1.58. The van der Waals surface area contributed by atoms with E-state index in [1.54, 1.807) is 18.9 Å². The van der Waals surface area contributed by atoms with Crippen LogP contribution in [-0.4, -0.2) is 49.1 Å². The first-order valence-electron chi connectivity index (χ1n) is 6.79. The van der Waals surface area contributed by atoms with Crippen LogP contribution in [0.4, 0.5) is 0 Å². The maximum Gasteiger partial charge on any atom is 0.251 e. The van der Waals surface area contributed by atoms with Gasteiger partial charge in [0.2, 0.25) is 5.91 Å². The number of primary amides is 1. The third kappa shape index (κ3) is 3.52. The number of methoxy groups -OCH3 is 1. The predicted octanol–water partition coefficient (Wildman–Crippen LogP) is 0.340. The highest BCUT2D eigenvalue weighted by Crippen LogP contribution is 2.19. The highest BCUT2D eigenvalue weighted by atomic mass is 16.5. The molecule has 0 bridgehead atoms. The average Bonchev–Trinajstić information content (AvgIpc) is 2.47. The van der Waals surface area contributed by atoms with Crippen molar-refractivity contribution in [2.24, 2.45) is 5.73 Å². The summed E-state index contributed by atoms with van der Waals surface area (Å²) in [5.41, 5.74) is 5.09. The zero-order valence-electron chi connectivity index (χ0n) is 12.3. The van der Waals surface area contributed by atoms with Gasteiger partial charge in [-0.1, -0.05) is 12.1 Å². The van der Waals surface area contributed by atoms with Gasteiger partial charge in [-0.15, -0.1) is 0 Å². The molecule has 1 aliphatic heterocycles. The second kappa shape index (κ2) is 6.13. The van der Waals surface area contributed by atoms with Crippen LogP contribution in [0.25, 0.3) is 0 Å². The Kier molecular flexibility index (Phi) is 4.47. The lowest BCUT2D eigenvalue weighted by atomic mass is 10.0. The number of benzene rings is 1. The van der Waals surface area contributed by atoms with Crippen molar-refractivity contribution < 1.29 is 19.1 Å². The lowest BCUT2D eigenvalue weighted by molar-refractivity contribution is -0.160. The molecule has 1 aromatic carbocycles. The van der Waals surface area contributed by atoms with Crippen molar-refractivity contribution in [3.05, 3.63) is 29.8 Å². The first-order chi connectivity index (χ1) is 9.94. The lowest BCUT2D eigenvalue weighted by Gasteiger charge is -2.38. The van der Waals surface area contributed by atoms with Crippen LogP contribution >= 0.6 is 0 Å². The van der Waals surface area contributed by atoms with Crippen molar-refractivity contribution in [3.63, 3.8) is 0 Å². The Labute approximate surface area is 123 Å². The van der Waals surface area contributed by atoms with Gasteiger partial charge in [0.1, 0.15) is 5.75 Å². The van der Waals surface area contributed by atoms with Crippen molar-refractivity contribution in [1.29, 1.82) is 0 Å². The maximum absolute atomic E-state index is 12.4. The molecule has 0 aromatic heterocycles. The summed E-state index contributed by atoms with van der Waals surface area (Å²) in [6.07, 6.45) is 0.256. The summed E-state index contributed by atoms with van der Waals surface area (Å²) in [6.45, 7) is 2.57. The average molecular weight is 292 g/mol. The third-order valence-electron chi connectivity index (χ3n) is 3.64. The number of nitrogens with zero attached hydrogens (tertiary/aromatic N) is 1. The van der Waals surface area contributed by atoms with E-state index in [9.17, 15) is 9.59 Å². The molecule has 114 valence electrons. The van der Waals surface area contributed by atoms with Gasteiger partial charge in [-0.25, -0.2) is 0 Å². The van der Waals surface area contributed by atoms with E-state index in [-0.39, 0.29) is 18.9 Å². The van der Waals surface area contributed by atoms with Crippen molar-refractivity contribution >= 4 is 11.8 Å². The van der Waals surface area contributed by atoms with Gasteiger partial charge in [0.05, 0.1) is 26.7 Å². The highest BCUT2D eigenvalue weighted by Gasteiger charge is 2.39. The number of hydrogen-bond acceptors (Lipinski definition) is 4. The molecular formula is C15H20N2O4. The van der Waals surface area contributed by atoms with Crippen LogP contribution in [0, 0.1) is 0 Å². The van der Waals surface area contributed by atoms with E-state index < -0.39 is 11.5 Å². The Morgan fingerprint density at radius 1 is 1.48 bits per heavy atom. The van der Waals surface area contributed by atoms with Crippen LogP contribution in [0.15, 0.2) is 24.3 Å². The Morgan fingerprint density at radius 2 is 2.24 bits per heavy atom.